The van der Waals surface area contributed by atoms with E-state index in [-0.39, 0.29) is 0 Å². The summed E-state index contributed by atoms with van der Waals surface area (Å²) in [5, 5.41) is 4.90. The fraction of sp³-hybridized carbons (Fsp3) is 0.0213. The molecule has 0 bridgehead atoms. The van der Waals surface area contributed by atoms with Gasteiger partial charge in [-0.25, -0.2) is 0 Å². The molecular formula is C47H32N2. The molecule has 0 N–H and O–H groups in total. The van der Waals surface area contributed by atoms with Crippen molar-refractivity contribution in [3.05, 3.63) is 215 Å². The molecule has 2 nitrogen and oxygen atoms in total. The Morgan fingerprint density at radius 2 is 0.735 bits per heavy atom. The predicted molar refractivity (Wildman–Crippen MR) is 206 cm³/mol. The summed E-state index contributed by atoms with van der Waals surface area (Å²) in [5.41, 5.74) is 11.1. The maximum absolute atomic E-state index is 4.87. The van der Waals surface area contributed by atoms with Crippen molar-refractivity contribution < 1.29 is 0 Å². The summed E-state index contributed by atoms with van der Waals surface area (Å²) in [4.78, 5) is 9.74. The van der Waals surface area contributed by atoms with Gasteiger partial charge in [0.15, 0.2) is 0 Å². The van der Waals surface area contributed by atoms with E-state index in [1.54, 1.807) is 0 Å². The number of fused-ring (bicyclic) bond motifs is 5. The molecule has 0 radical (unpaired) electrons. The highest BCUT2D eigenvalue weighted by Crippen LogP contribution is 2.56. The van der Waals surface area contributed by atoms with Crippen LogP contribution in [0.2, 0.25) is 0 Å². The third kappa shape index (κ3) is 5.06. The molecule has 0 heterocycles. The minimum absolute atomic E-state index is 0.478. The zero-order valence-electron chi connectivity index (χ0n) is 26.9. The molecule has 0 aliphatic heterocycles. The quantitative estimate of drug-likeness (QED) is 0.164. The molecule has 8 aromatic rings. The predicted octanol–water partition coefficient (Wildman–Crippen LogP) is 11.9. The van der Waals surface area contributed by atoms with Gasteiger partial charge in [-0.2, -0.15) is 0 Å². The molecular weight excluding hydrogens is 593 g/mol. The van der Waals surface area contributed by atoms with Crippen LogP contribution in [0.3, 0.4) is 0 Å². The number of nitrogens with zero attached hydrogens (tertiary/aromatic N) is 2. The molecule has 1 aliphatic rings. The van der Waals surface area contributed by atoms with Crippen LogP contribution in [0.5, 0.6) is 0 Å². The van der Waals surface area contributed by atoms with Crippen molar-refractivity contribution in [3.8, 4) is 11.1 Å². The van der Waals surface area contributed by atoms with E-state index in [9.17, 15) is 0 Å². The topological polar surface area (TPSA) is 24.7 Å². The number of hydrogen-bond donors (Lipinski definition) is 0. The first kappa shape index (κ1) is 28.8. The van der Waals surface area contributed by atoms with Gasteiger partial charge in [-0.05, 0) is 102 Å². The van der Waals surface area contributed by atoms with Crippen molar-refractivity contribution >= 4 is 45.3 Å². The highest BCUT2D eigenvalue weighted by Gasteiger charge is 2.45. The van der Waals surface area contributed by atoms with Crippen LogP contribution in [-0.4, -0.2) is 12.4 Å². The van der Waals surface area contributed by atoms with Crippen LogP contribution < -0.4 is 0 Å². The highest BCUT2D eigenvalue weighted by molar-refractivity contribution is 5.93. The molecule has 0 saturated heterocycles. The molecule has 49 heavy (non-hydrogen) atoms. The SMILES string of the molecule is C(=Nc1ccc(C2(c3ccc(N=Cc4ccc5ccccc5c4)cc3)c3ccccc3-c3ccccc32)cc1)c1ccc2ccccc2c1. The molecule has 0 spiro atoms. The second-order valence-electron chi connectivity index (χ2n) is 12.7. The van der Waals surface area contributed by atoms with Crippen molar-refractivity contribution in [2.75, 3.05) is 0 Å². The number of aliphatic imine (C=N–C) groups is 2. The summed E-state index contributed by atoms with van der Waals surface area (Å²) < 4.78 is 0. The standard InChI is InChI=1S/C47H32N2/c1-3-11-37-29-33(17-19-35(37)9-1)31-48-41-25-21-39(22-26-41)47(45-15-7-5-13-43(45)44-14-6-8-16-46(44)47)40-23-27-42(28-24-40)49-32-34-18-20-36-10-2-4-12-38(36)30-34/h1-32H. The zero-order chi connectivity index (χ0) is 32.6. The lowest BCUT2D eigenvalue weighted by Crippen LogP contribution is -2.28. The Bertz CT molecular complexity index is 2360. The van der Waals surface area contributed by atoms with Gasteiger partial charge in [-0.3, -0.25) is 9.98 Å². The maximum Gasteiger partial charge on any atom is 0.0713 e. The lowest BCUT2D eigenvalue weighted by molar-refractivity contribution is 0.768. The van der Waals surface area contributed by atoms with Crippen molar-refractivity contribution in [1.82, 2.24) is 0 Å². The normalized spacial score (nSPS) is 13.3. The van der Waals surface area contributed by atoms with E-state index in [2.05, 4.69) is 182 Å². The van der Waals surface area contributed by atoms with Gasteiger partial charge >= 0.3 is 0 Å². The van der Waals surface area contributed by atoms with E-state index < -0.39 is 5.41 Å². The maximum atomic E-state index is 4.87. The average Bonchev–Trinajstić information content (AvgIpc) is 3.47. The van der Waals surface area contributed by atoms with E-state index in [1.165, 1.54) is 54.9 Å². The fourth-order valence-electron chi connectivity index (χ4n) is 7.49. The van der Waals surface area contributed by atoms with E-state index in [0.717, 1.165) is 22.5 Å². The first-order valence-corrected chi connectivity index (χ1v) is 16.7. The Kier molecular flexibility index (Phi) is 7.06. The lowest BCUT2D eigenvalue weighted by Gasteiger charge is -2.34. The molecule has 0 aromatic heterocycles. The molecule has 1 aliphatic carbocycles. The van der Waals surface area contributed by atoms with E-state index in [1.807, 2.05) is 12.4 Å². The Balaban J connectivity index is 1.10. The number of rotatable bonds is 6. The Morgan fingerprint density at radius 3 is 1.18 bits per heavy atom. The van der Waals surface area contributed by atoms with Gasteiger partial charge < -0.3 is 0 Å². The molecule has 0 unspecified atom stereocenters. The molecule has 0 atom stereocenters. The lowest BCUT2D eigenvalue weighted by atomic mass is 9.67. The van der Waals surface area contributed by atoms with Gasteiger partial charge in [-0.1, -0.05) is 146 Å². The van der Waals surface area contributed by atoms with E-state index >= 15 is 0 Å². The average molecular weight is 625 g/mol. The van der Waals surface area contributed by atoms with Crippen LogP contribution in [0.4, 0.5) is 11.4 Å². The fourth-order valence-corrected chi connectivity index (χ4v) is 7.49. The summed E-state index contributed by atoms with van der Waals surface area (Å²) in [5.74, 6) is 0. The summed E-state index contributed by atoms with van der Waals surface area (Å²) in [6.45, 7) is 0. The summed E-state index contributed by atoms with van der Waals surface area (Å²) in [6.07, 6.45) is 3.91. The van der Waals surface area contributed by atoms with Crippen molar-refractivity contribution in [3.63, 3.8) is 0 Å². The third-order valence-electron chi connectivity index (χ3n) is 9.83. The smallest absolute Gasteiger partial charge is 0.0713 e. The minimum Gasteiger partial charge on any atom is -0.256 e. The van der Waals surface area contributed by atoms with Gasteiger partial charge in [0.05, 0.1) is 16.8 Å². The van der Waals surface area contributed by atoms with Crippen molar-refractivity contribution in [2.24, 2.45) is 9.98 Å². The Labute approximate surface area is 286 Å². The van der Waals surface area contributed by atoms with E-state index in [4.69, 9.17) is 9.98 Å². The molecule has 0 amide bonds. The number of benzene rings is 8. The third-order valence-corrected chi connectivity index (χ3v) is 9.83. The highest BCUT2D eigenvalue weighted by atomic mass is 14.7. The van der Waals surface area contributed by atoms with Crippen molar-refractivity contribution in [1.29, 1.82) is 0 Å². The monoisotopic (exact) mass is 624 g/mol. The second kappa shape index (κ2) is 12.0. The van der Waals surface area contributed by atoms with Crippen LogP contribution in [-0.2, 0) is 5.41 Å². The minimum atomic E-state index is -0.478. The molecule has 0 fully saturated rings. The van der Waals surface area contributed by atoms with Crippen molar-refractivity contribution in [2.45, 2.75) is 5.41 Å². The Morgan fingerprint density at radius 1 is 0.347 bits per heavy atom. The van der Waals surface area contributed by atoms with Gasteiger partial charge in [0, 0.05) is 12.4 Å². The van der Waals surface area contributed by atoms with Gasteiger partial charge in [0.2, 0.25) is 0 Å². The Hall–Kier alpha value is -6.38. The van der Waals surface area contributed by atoms with Crippen LogP contribution in [0.25, 0.3) is 32.7 Å². The van der Waals surface area contributed by atoms with Crippen LogP contribution in [0.15, 0.2) is 192 Å². The largest absolute Gasteiger partial charge is 0.256 e. The zero-order valence-corrected chi connectivity index (χ0v) is 26.9. The molecule has 230 valence electrons. The summed E-state index contributed by atoms with van der Waals surface area (Å²) in [6, 6.07) is 65.0. The van der Waals surface area contributed by atoms with Gasteiger partial charge in [0.25, 0.3) is 0 Å². The number of hydrogen-bond acceptors (Lipinski definition) is 2. The van der Waals surface area contributed by atoms with Crippen LogP contribution in [0.1, 0.15) is 33.4 Å². The van der Waals surface area contributed by atoms with Gasteiger partial charge in [0.1, 0.15) is 0 Å². The summed E-state index contributed by atoms with van der Waals surface area (Å²) in [7, 11) is 0. The van der Waals surface area contributed by atoms with Crippen LogP contribution in [0, 0.1) is 0 Å². The molecule has 0 saturated carbocycles. The van der Waals surface area contributed by atoms with E-state index in [0.29, 0.717) is 0 Å². The van der Waals surface area contributed by atoms with Crippen LogP contribution >= 0.6 is 0 Å². The molecule has 2 heteroatoms. The second-order valence-corrected chi connectivity index (χ2v) is 12.7. The summed E-state index contributed by atoms with van der Waals surface area (Å²) >= 11 is 0. The first-order chi connectivity index (χ1) is 24.3. The first-order valence-electron chi connectivity index (χ1n) is 16.7. The molecule has 9 rings (SSSR count). The van der Waals surface area contributed by atoms with Gasteiger partial charge in [-0.15, -0.1) is 0 Å². The molecule has 8 aromatic carbocycles.